The van der Waals surface area contributed by atoms with Crippen LogP contribution in [0.3, 0.4) is 0 Å². The second kappa shape index (κ2) is 4.63. The number of aliphatic hydroxyl groups excluding tert-OH is 1. The van der Waals surface area contributed by atoms with Gasteiger partial charge in [0.15, 0.2) is 5.82 Å². The van der Waals surface area contributed by atoms with Crippen LogP contribution in [0.15, 0.2) is 28.8 Å². The van der Waals surface area contributed by atoms with Gasteiger partial charge in [-0.2, -0.15) is 4.98 Å². The molecule has 1 atom stereocenters. The summed E-state index contributed by atoms with van der Waals surface area (Å²) in [6.07, 6.45) is -0.380. The van der Waals surface area contributed by atoms with Gasteiger partial charge in [-0.15, -0.1) is 0 Å². The van der Waals surface area contributed by atoms with Gasteiger partial charge in [0.25, 0.3) is 0 Å². The van der Waals surface area contributed by atoms with E-state index in [9.17, 15) is 5.11 Å². The fourth-order valence-electron chi connectivity index (χ4n) is 1.35. The third-order valence-electron chi connectivity index (χ3n) is 2.14. The molecule has 1 radical (unpaired) electrons. The highest BCUT2D eigenvalue weighted by molar-refractivity contribution is 6.30. The third kappa shape index (κ3) is 2.59. The fourth-order valence-corrected chi connectivity index (χ4v) is 1.47. The van der Waals surface area contributed by atoms with E-state index in [0.717, 1.165) is 5.56 Å². The van der Waals surface area contributed by atoms with Crippen molar-refractivity contribution >= 4 is 11.6 Å². The van der Waals surface area contributed by atoms with Crippen LogP contribution in [0.2, 0.25) is 5.02 Å². The van der Waals surface area contributed by atoms with Crippen LogP contribution in [0.4, 0.5) is 0 Å². The molecule has 1 unspecified atom stereocenters. The first-order valence-electron chi connectivity index (χ1n) is 4.73. The molecular formula is C11H10ClN2O2. The van der Waals surface area contributed by atoms with Crippen LogP contribution in [0.1, 0.15) is 23.4 Å². The maximum atomic E-state index is 9.89. The molecule has 1 N–H and O–H groups in total. The highest BCUT2D eigenvalue weighted by Crippen LogP contribution is 2.19. The van der Waals surface area contributed by atoms with E-state index in [1.54, 1.807) is 24.3 Å². The Morgan fingerprint density at radius 3 is 2.62 bits per heavy atom. The van der Waals surface area contributed by atoms with E-state index in [-0.39, 0.29) is 5.89 Å². The van der Waals surface area contributed by atoms with Crippen LogP contribution in [0.25, 0.3) is 0 Å². The maximum absolute atomic E-state index is 9.89. The van der Waals surface area contributed by atoms with Crippen molar-refractivity contribution in [3.05, 3.63) is 53.5 Å². The van der Waals surface area contributed by atoms with Crippen molar-refractivity contribution in [2.24, 2.45) is 0 Å². The molecule has 2 aromatic rings. The van der Waals surface area contributed by atoms with E-state index in [2.05, 4.69) is 17.1 Å². The Kier molecular flexibility index (Phi) is 3.22. The van der Waals surface area contributed by atoms with Crippen molar-refractivity contribution in [2.45, 2.75) is 12.5 Å². The largest absolute Gasteiger partial charge is 0.388 e. The van der Waals surface area contributed by atoms with E-state index in [1.165, 1.54) is 0 Å². The average Bonchev–Trinajstić information content (AvgIpc) is 2.65. The summed E-state index contributed by atoms with van der Waals surface area (Å²) in [7, 11) is 0. The summed E-state index contributed by atoms with van der Waals surface area (Å²) in [5.74, 6) is 0.686. The zero-order valence-corrected chi connectivity index (χ0v) is 9.18. The predicted octanol–water partition coefficient (Wildman–Crippen LogP) is 2.18. The third-order valence-corrected chi connectivity index (χ3v) is 2.39. The SMILES string of the molecule is [CH2]c1nc(CC(O)c2ccc(Cl)cc2)no1. The normalized spacial score (nSPS) is 12.7. The quantitative estimate of drug-likeness (QED) is 0.889. The lowest BCUT2D eigenvalue weighted by Gasteiger charge is -2.07. The summed E-state index contributed by atoms with van der Waals surface area (Å²) in [6, 6.07) is 6.97. The van der Waals surface area contributed by atoms with E-state index < -0.39 is 6.10 Å². The predicted molar refractivity (Wildman–Crippen MR) is 58.9 cm³/mol. The Morgan fingerprint density at radius 2 is 2.06 bits per heavy atom. The minimum atomic E-state index is -0.672. The maximum Gasteiger partial charge on any atom is 0.227 e. The highest BCUT2D eigenvalue weighted by atomic mass is 35.5. The molecule has 5 heteroatoms. The van der Waals surface area contributed by atoms with E-state index in [0.29, 0.717) is 17.3 Å². The van der Waals surface area contributed by atoms with E-state index in [4.69, 9.17) is 16.1 Å². The van der Waals surface area contributed by atoms with Crippen molar-refractivity contribution in [2.75, 3.05) is 0 Å². The topological polar surface area (TPSA) is 59.2 Å². The van der Waals surface area contributed by atoms with E-state index >= 15 is 0 Å². The number of rotatable bonds is 3. The smallest absolute Gasteiger partial charge is 0.227 e. The molecule has 0 spiro atoms. The first kappa shape index (κ1) is 11.1. The van der Waals surface area contributed by atoms with Crippen LogP contribution in [-0.2, 0) is 6.42 Å². The van der Waals surface area contributed by atoms with Gasteiger partial charge in [-0.05, 0) is 17.7 Å². The Morgan fingerprint density at radius 1 is 1.38 bits per heavy atom. The fraction of sp³-hybridized carbons (Fsp3) is 0.182. The summed E-state index contributed by atoms with van der Waals surface area (Å²) in [4.78, 5) is 3.92. The molecule has 1 aromatic heterocycles. The van der Waals surface area contributed by atoms with Gasteiger partial charge in [-0.25, -0.2) is 0 Å². The van der Waals surface area contributed by atoms with Crippen molar-refractivity contribution in [1.82, 2.24) is 10.1 Å². The Balaban J connectivity index is 2.08. The summed E-state index contributed by atoms with van der Waals surface area (Å²) in [6.45, 7) is 3.49. The average molecular weight is 238 g/mol. The molecule has 16 heavy (non-hydrogen) atoms. The van der Waals surface area contributed by atoms with Crippen molar-refractivity contribution < 1.29 is 9.63 Å². The van der Waals surface area contributed by atoms with Crippen molar-refractivity contribution in [1.29, 1.82) is 0 Å². The van der Waals surface area contributed by atoms with Gasteiger partial charge in [0.05, 0.1) is 6.10 Å². The lowest BCUT2D eigenvalue weighted by molar-refractivity contribution is 0.174. The molecule has 0 saturated carbocycles. The molecule has 0 aliphatic rings. The van der Waals surface area contributed by atoms with Crippen molar-refractivity contribution in [3.63, 3.8) is 0 Å². The molecule has 4 nitrogen and oxygen atoms in total. The lowest BCUT2D eigenvalue weighted by Crippen LogP contribution is -2.03. The molecular weight excluding hydrogens is 228 g/mol. The number of aromatic nitrogens is 2. The van der Waals surface area contributed by atoms with Gasteiger partial charge in [-0.1, -0.05) is 28.9 Å². The summed E-state index contributed by atoms with van der Waals surface area (Å²) < 4.78 is 4.72. The van der Waals surface area contributed by atoms with Gasteiger partial charge in [0.2, 0.25) is 5.89 Å². The summed E-state index contributed by atoms with van der Waals surface area (Å²) in [5.41, 5.74) is 0.764. The summed E-state index contributed by atoms with van der Waals surface area (Å²) in [5, 5.41) is 14.2. The Bertz CT molecular complexity index is 467. The first-order chi connectivity index (χ1) is 7.65. The number of benzene rings is 1. The standard InChI is InChI=1S/C11H10ClN2O2/c1-7-13-11(14-16-7)6-10(15)8-2-4-9(12)5-3-8/h2-5,10,15H,1,6H2. The molecule has 0 bridgehead atoms. The Labute approximate surface area is 97.9 Å². The van der Waals surface area contributed by atoms with Crippen LogP contribution in [0, 0.1) is 6.92 Å². The minimum absolute atomic E-state index is 0.248. The monoisotopic (exact) mass is 237 g/mol. The molecule has 0 fully saturated rings. The van der Waals surface area contributed by atoms with Crippen LogP contribution in [-0.4, -0.2) is 15.2 Å². The second-order valence-corrected chi connectivity index (χ2v) is 3.81. The van der Waals surface area contributed by atoms with Gasteiger partial charge < -0.3 is 9.63 Å². The lowest BCUT2D eigenvalue weighted by atomic mass is 10.1. The van der Waals surface area contributed by atoms with Crippen LogP contribution in [0.5, 0.6) is 0 Å². The second-order valence-electron chi connectivity index (χ2n) is 3.38. The molecule has 83 valence electrons. The molecule has 0 saturated heterocycles. The van der Waals surface area contributed by atoms with Crippen LogP contribution >= 0.6 is 11.6 Å². The minimum Gasteiger partial charge on any atom is -0.388 e. The number of hydrogen-bond acceptors (Lipinski definition) is 4. The van der Waals surface area contributed by atoms with Gasteiger partial charge in [0.1, 0.15) is 0 Å². The Hall–Kier alpha value is -1.39. The van der Waals surface area contributed by atoms with E-state index in [1.807, 2.05) is 0 Å². The highest BCUT2D eigenvalue weighted by Gasteiger charge is 2.12. The molecule has 1 heterocycles. The van der Waals surface area contributed by atoms with Crippen molar-refractivity contribution in [3.8, 4) is 0 Å². The number of nitrogens with zero attached hydrogens (tertiary/aromatic N) is 2. The first-order valence-corrected chi connectivity index (χ1v) is 5.11. The number of aliphatic hydroxyl groups is 1. The molecule has 0 amide bonds. The molecule has 0 aliphatic carbocycles. The molecule has 1 aromatic carbocycles. The molecule has 2 rings (SSSR count). The zero-order valence-electron chi connectivity index (χ0n) is 8.43. The van der Waals surface area contributed by atoms with Gasteiger partial charge >= 0.3 is 0 Å². The van der Waals surface area contributed by atoms with Crippen LogP contribution < -0.4 is 0 Å². The number of hydrogen-bond donors (Lipinski definition) is 1. The van der Waals surface area contributed by atoms with Gasteiger partial charge in [0, 0.05) is 18.4 Å². The molecule has 0 aliphatic heterocycles. The number of halogens is 1. The summed E-state index contributed by atoms with van der Waals surface area (Å²) >= 11 is 5.75. The van der Waals surface area contributed by atoms with Gasteiger partial charge in [-0.3, -0.25) is 0 Å². The zero-order chi connectivity index (χ0) is 11.5.